The second kappa shape index (κ2) is 6.93. The topological polar surface area (TPSA) is 80.8 Å². The van der Waals surface area contributed by atoms with Crippen LogP contribution in [-0.2, 0) is 10.3 Å². The van der Waals surface area contributed by atoms with Gasteiger partial charge >= 0.3 is 0 Å². The lowest BCUT2D eigenvalue weighted by atomic mass is 9.62. The van der Waals surface area contributed by atoms with Crippen LogP contribution in [0.2, 0.25) is 0 Å². The van der Waals surface area contributed by atoms with Crippen molar-refractivity contribution in [1.82, 2.24) is 9.88 Å². The lowest BCUT2D eigenvalue weighted by Gasteiger charge is -2.55. The number of likely N-dealkylation sites (tertiary alicyclic amines) is 1. The molecular weight excluding hydrogens is 328 g/mol. The molecule has 4 rings (SSSR count). The smallest absolute Gasteiger partial charge is 0.267 e. The third-order valence-electron chi connectivity index (χ3n) is 6.20. The van der Waals surface area contributed by atoms with Crippen LogP contribution in [0.1, 0.15) is 41.7 Å². The molecule has 0 radical (unpaired) electrons. The molecule has 3 heterocycles. The number of aromatic nitrogens is 1. The van der Waals surface area contributed by atoms with E-state index in [4.69, 9.17) is 10.5 Å². The van der Waals surface area contributed by atoms with Gasteiger partial charge in [0.1, 0.15) is 11.3 Å². The van der Waals surface area contributed by atoms with E-state index in [0.717, 1.165) is 44.5 Å². The Hall–Kier alpha value is -2.05. The molecule has 0 spiro atoms. The predicted molar refractivity (Wildman–Crippen MR) is 99.9 cm³/mol. The van der Waals surface area contributed by atoms with Gasteiger partial charge in [-0.1, -0.05) is 12.5 Å². The van der Waals surface area contributed by atoms with Gasteiger partial charge < -0.3 is 10.5 Å². The van der Waals surface area contributed by atoms with Crippen LogP contribution >= 0.6 is 0 Å². The number of nitrogens with two attached hydrogens (primary N) is 1. The number of amides is 1. The molecular formula is C20H26N4O2. The summed E-state index contributed by atoms with van der Waals surface area (Å²) in [7, 11) is 1.80. The highest BCUT2D eigenvalue weighted by Gasteiger charge is 2.53. The summed E-state index contributed by atoms with van der Waals surface area (Å²) in [5.41, 5.74) is 7.69. The highest BCUT2D eigenvalue weighted by molar-refractivity contribution is 5.91. The summed E-state index contributed by atoms with van der Waals surface area (Å²) in [5, 5.41) is 0. The van der Waals surface area contributed by atoms with Crippen LogP contribution in [0.15, 0.2) is 35.6 Å². The largest absolute Gasteiger partial charge is 0.373 e. The number of nitrogens with zero attached hydrogens (tertiary/aromatic N) is 3. The number of carbonyl (C=O) groups excluding carboxylic acids is 1. The molecule has 0 aromatic carbocycles. The molecule has 2 atom stereocenters. The van der Waals surface area contributed by atoms with Gasteiger partial charge in [-0.25, -0.2) is 0 Å². The summed E-state index contributed by atoms with van der Waals surface area (Å²) in [4.78, 5) is 22.7. The molecule has 1 saturated heterocycles. The van der Waals surface area contributed by atoms with Crippen molar-refractivity contribution in [1.29, 1.82) is 0 Å². The lowest BCUT2D eigenvalue weighted by Crippen LogP contribution is -2.59. The van der Waals surface area contributed by atoms with Crippen molar-refractivity contribution in [3.05, 3.63) is 41.9 Å². The number of pyridine rings is 1. The number of carbonyl (C=O) groups is 1. The molecule has 138 valence electrons. The number of hydrogen-bond acceptors (Lipinski definition) is 5. The number of piperidine rings is 1. The summed E-state index contributed by atoms with van der Waals surface area (Å²) in [6.45, 7) is 2.90. The fourth-order valence-corrected chi connectivity index (χ4v) is 5.15. The lowest BCUT2D eigenvalue weighted by molar-refractivity contribution is -0.167. The van der Waals surface area contributed by atoms with Crippen LogP contribution in [0.3, 0.4) is 0 Å². The standard InChI is InChI=1S/C20H26N4O2/c1-26-20(14-7-9-23-18(10-14)19(21)25)15-4-2-5-16(20)12-24(11-15)13-17-6-3-8-22-17/h3,7-10,15-16H,2,4-6,11-13H2,1H3,(H2,21,25). The van der Waals surface area contributed by atoms with E-state index in [1.807, 2.05) is 18.3 Å². The number of primary amides is 1. The van der Waals surface area contributed by atoms with Gasteiger partial charge in [0.15, 0.2) is 0 Å². The van der Waals surface area contributed by atoms with Crippen LogP contribution < -0.4 is 5.73 Å². The molecule has 1 amide bonds. The molecule has 1 saturated carbocycles. The van der Waals surface area contributed by atoms with E-state index in [1.54, 1.807) is 13.3 Å². The summed E-state index contributed by atoms with van der Waals surface area (Å²) in [6, 6.07) is 3.82. The van der Waals surface area contributed by atoms with E-state index >= 15 is 0 Å². The minimum Gasteiger partial charge on any atom is -0.373 e. The van der Waals surface area contributed by atoms with Gasteiger partial charge in [-0.3, -0.25) is 19.7 Å². The number of hydrogen-bond donors (Lipinski definition) is 1. The molecule has 2 aliphatic heterocycles. The van der Waals surface area contributed by atoms with Gasteiger partial charge in [-0.2, -0.15) is 0 Å². The van der Waals surface area contributed by atoms with Gasteiger partial charge in [0.05, 0.1) is 0 Å². The fourth-order valence-electron chi connectivity index (χ4n) is 5.15. The summed E-state index contributed by atoms with van der Waals surface area (Å²) < 4.78 is 6.24. The van der Waals surface area contributed by atoms with Gasteiger partial charge in [0.25, 0.3) is 5.91 Å². The second-order valence-electron chi connectivity index (χ2n) is 7.59. The van der Waals surface area contributed by atoms with E-state index in [0.29, 0.717) is 17.5 Å². The van der Waals surface area contributed by atoms with Crippen LogP contribution in [-0.4, -0.2) is 48.2 Å². The average Bonchev–Trinajstić information content (AvgIpc) is 3.14. The normalized spacial score (nSPS) is 31.0. The fraction of sp³-hybridized carbons (Fsp3) is 0.550. The number of fused-ring (bicyclic) bond motifs is 2. The molecule has 1 aromatic heterocycles. The van der Waals surface area contributed by atoms with Crippen LogP contribution in [0.4, 0.5) is 0 Å². The minimum atomic E-state index is -0.493. The first-order valence-corrected chi connectivity index (χ1v) is 9.38. The van der Waals surface area contributed by atoms with Crippen LogP contribution in [0, 0.1) is 11.8 Å². The van der Waals surface area contributed by atoms with E-state index in [1.165, 1.54) is 12.1 Å². The highest BCUT2D eigenvalue weighted by Crippen LogP contribution is 2.51. The van der Waals surface area contributed by atoms with E-state index in [-0.39, 0.29) is 5.60 Å². The number of aliphatic imine (C=N–C) groups is 1. The molecule has 2 fully saturated rings. The minimum absolute atomic E-state index is 0.311. The van der Waals surface area contributed by atoms with Crippen molar-refractivity contribution >= 4 is 11.6 Å². The Morgan fingerprint density at radius 1 is 1.38 bits per heavy atom. The van der Waals surface area contributed by atoms with Crippen LogP contribution in [0.5, 0.6) is 0 Å². The summed E-state index contributed by atoms with van der Waals surface area (Å²) >= 11 is 0. The molecule has 2 N–H and O–H groups in total. The van der Waals surface area contributed by atoms with E-state index in [2.05, 4.69) is 21.0 Å². The first-order valence-electron chi connectivity index (χ1n) is 9.38. The Morgan fingerprint density at radius 3 is 2.77 bits per heavy atom. The van der Waals surface area contributed by atoms with Crippen LogP contribution in [0.25, 0.3) is 0 Å². The maximum Gasteiger partial charge on any atom is 0.267 e. The van der Waals surface area contributed by atoms with Gasteiger partial charge in [-0.15, -0.1) is 0 Å². The Bertz CT molecular complexity index is 744. The quantitative estimate of drug-likeness (QED) is 0.878. The van der Waals surface area contributed by atoms with E-state index < -0.39 is 5.91 Å². The molecule has 2 bridgehead atoms. The van der Waals surface area contributed by atoms with Gasteiger partial charge in [0.2, 0.25) is 0 Å². The zero-order valence-corrected chi connectivity index (χ0v) is 15.2. The van der Waals surface area contributed by atoms with Crippen molar-refractivity contribution in [2.24, 2.45) is 22.6 Å². The maximum absolute atomic E-state index is 11.6. The summed E-state index contributed by atoms with van der Waals surface area (Å²) in [6.07, 6.45) is 10.1. The molecule has 2 unspecified atom stereocenters. The molecule has 1 aromatic rings. The maximum atomic E-state index is 11.6. The Morgan fingerprint density at radius 2 is 2.15 bits per heavy atom. The Balaban J connectivity index is 1.64. The second-order valence-corrected chi connectivity index (χ2v) is 7.59. The predicted octanol–water partition coefficient (Wildman–Crippen LogP) is 2.11. The zero-order chi connectivity index (χ0) is 18.1. The Labute approximate surface area is 154 Å². The van der Waals surface area contributed by atoms with Crippen molar-refractivity contribution in [3.63, 3.8) is 0 Å². The molecule has 1 aliphatic carbocycles. The Kier molecular flexibility index (Phi) is 4.63. The van der Waals surface area contributed by atoms with Gasteiger partial charge in [-0.05, 0) is 30.5 Å². The number of methoxy groups -OCH3 is 1. The molecule has 26 heavy (non-hydrogen) atoms. The van der Waals surface area contributed by atoms with E-state index in [9.17, 15) is 4.79 Å². The zero-order valence-electron chi connectivity index (χ0n) is 15.2. The first kappa shape index (κ1) is 17.4. The van der Waals surface area contributed by atoms with Crippen molar-refractivity contribution < 1.29 is 9.53 Å². The third-order valence-corrected chi connectivity index (χ3v) is 6.20. The molecule has 6 heteroatoms. The van der Waals surface area contributed by atoms with Crippen molar-refractivity contribution in [3.8, 4) is 0 Å². The first-order chi connectivity index (χ1) is 12.6. The van der Waals surface area contributed by atoms with Crippen molar-refractivity contribution in [2.75, 3.05) is 26.7 Å². The number of ether oxygens (including phenoxy) is 1. The number of allylic oxidation sites excluding steroid dienone is 1. The highest BCUT2D eigenvalue weighted by atomic mass is 16.5. The third kappa shape index (κ3) is 2.87. The average molecular weight is 354 g/mol. The SMILES string of the molecule is COC1(c2ccnc(C(N)=O)c2)C2CCCC1CN(CC1=NC=CC1)C2. The molecule has 3 aliphatic rings. The summed E-state index contributed by atoms with van der Waals surface area (Å²) in [5.74, 6) is 0.281. The van der Waals surface area contributed by atoms with Gasteiger partial charge in [0, 0.05) is 63.1 Å². The number of rotatable bonds is 5. The van der Waals surface area contributed by atoms with Crippen molar-refractivity contribution in [2.45, 2.75) is 31.3 Å². The molecule has 6 nitrogen and oxygen atoms in total. The monoisotopic (exact) mass is 354 g/mol.